The largest absolute Gasteiger partial charge is 0.311 e. The summed E-state index contributed by atoms with van der Waals surface area (Å²) in [6.45, 7) is 4.71. The molecule has 1 aliphatic carbocycles. The molecular weight excluding hydrogens is 220 g/mol. The average molecular weight is 244 g/mol. The minimum atomic E-state index is 0.555. The molecular formula is C16H24N2. The molecule has 1 aromatic rings. The molecule has 3 rings (SSSR count). The first-order valence-electron chi connectivity index (χ1n) is 7.40. The van der Waals surface area contributed by atoms with E-state index in [1.807, 2.05) is 0 Å². The normalized spacial score (nSPS) is 30.7. The lowest BCUT2D eigenvalue weighted by atomic mass is 9.86. The lowest BCUT2D eigenvalue weighted by Gasteiger charge is -2.47. The summed E-state index contributed by atoms with van der Waals surface area (Å²) in [6, 6.07) is 13.0. The highest BCUT2D eigenvalue weighted by atomic mass is 15.3. The summed E-state index contributed by atoms with van der Waals surface area (Å²) in [5.41, 5.74) is 1.46. The Kier molecular flexibility index (Phi) is 3.67. The number of hydrogen-bond acceptors (Lipinski definition) is 2. The lowest BCUT2D eigenvalue weighted by Crippen LogP contribution is -2.59. The van der Waals surface area contributed by atoms with E-state index in [0.29, 0.717) is 6.04 Å². The molecule has 98 valence electrons. The van der Waals surface area contributed by atoms with Crippen LogP contribution in [0.4, 0.5) is 0 Å². The van der Waals surface area contributed by atoms with Gasteiger partial charge in [-0.2, -0.15) is 0 Å². The topological polar surface area (TPSA) is 15.3 Å². The fourth-order valence-corrected chi connectivity index (χ4v) is 3.70. The van der Waals surface area contributed by atoms with Crippen LogP contribution in [0.15, 0.2) is 30.3 Å². The molecule has 2 aliphatic rings. The molecule has 0 amide bonds. The smallest absolute Gasteiger partial charge is 0.0324 e. The molecule has 2 heteroatoms. The van der Waals surface area contributed by atoms with Crippen molar-refractivity contribution in [2.24, 2.45) is 0 Å². The quantitative estimate of drug-likeness (QED) is 0.860. The van der Waals surface area contributed by atoms with E-state index >= 15 is 0 Å². The Balaban J connectivity index is 1.77. The van der Waals surface area contributed by atoms with Gasteiger partial charge in [0.15, 0.2) is 0 Å². The molecule has 0 radical (unpaired) electrons. The molecule has 1 saturated heterocycles. The van der Waals surface area contributed by atoms with Crippen molar-refractivity contribution in [1.29, 1.82) is 0 Å². The highest BCUT2D eigenvalue weighted by molar-refractivity contribution is 5.19. The van der Waals surface area contributed by atoms with E-state index in [1.165, 1.54) is 37.8 Å². The van der Waals surface area contributed by atoms with E-state index < -0.39 is 0 Å². The first-order chi connectivity index (χ1) is 8.86. The van der Waals surface area contributed by atoms with Gasteiger partial charge in [0, 0.05) is 31.2 Å². The lowest BCUT2D eigenvalue weighted by molar-refractivity contribution is 0.0550. The number of piperazine rings is 1. The van der Waals surface area contributed by atoms with E-state index in [4.69, 9.17) is 0 Å². The van der Waals surface area contributed by atoms with Crippen molar-refractivity contribution < 1.29 is 0 Å². The van der Waals surface area contributed by atoms with Gasteiger partial charge in [0.1, 0.15) is 0 Å². The van der Waals surface area contributed by atoms with Gasteiger partial charge in [-0.25, -0.2) is 0 Å². The minimum Gasteiger partial charge on any atom is -0.311 e. The molecule has 0 aromatic heterocycles. The highest BCUT2D eigenvalue weighted by Crippen LogP contribution is 2.31. The van der Waals surface area contributed by atoms with Crippen LogP contribution in [0.25, 0.3) is 0 Å². The molecule has 3 atom stereocenters. The third kappa shape index (κ3) is 2.32. The van der Waals surface area contributed by atoms with Crippen LogP contribution in [0, 0.1) is 0 Å². The molecule has 1 heterocycles. The number of nitrogens with one attached hydrogen (secondary N) is 1. The fourth-order valence-electron chi connectivity index (χ4n) is 3.70. The molecule has 1 N–H and O–H groups in total. The van der Waals surface area contributed by atoms with E-state index in [-0.39, 0.29) is 0 Å². The summed E-state index contributed by atoms with van der Waals surface area (Å²) in [6.07, 6.45) is 5.54. The number of rotatable bonds is 2. The van der Waals surface area contributed by atoms with Crippen molar-refractivity contribution in [2.45, 2.75) is 50.7 Å². The zero-order chi connectivity index (χ0) is 12.4. The van der Waals surface area contributed by atoms with E-state index in [2.05, 4.69) is 47.5 Å². The maximum atomic E-state index is 3.72. The van der Waals surface area contributed by atoms with Crippen molar-refractivity contribution in [3.8, 4) is 0 Å². The van der Waals surface area contributed by atoms with Crippen LogP contribution in [0.5, 0.6) is 0 Å². The molecule has 2 fully saturated rings. The van der Waals surface area contributed by atoms with Crippen molar-refractivity contribution >= 4 is 0 Å². The van der Waals surface area contributed by atoms with Gasteiger partial charge in [-0.05, 0) is 25.3 Å². The van der Waals surface area contributed by atoms with Crippen molar-refractivity contribution in [2.75, 3.05) is 13.1 Å². The van der Waals surface area contributed by atoms with E-state index in [1.54, 1.807) is 0 Å². The number of benzene rings is 1. The number of fused-ring (bicyclic) bond motifs is 1. The molecule has 2 nitrogen and oxygen atoms in total. The highest BCUT2D eigenvalue weighted by Gasteiger charge is 2.35. The van der Waals surface area contributed by atoms with Gasteiger partial charge in [0.25, 0.3) is 0 Å². The molecule has 0 unspecified atom stereocenters. The standard InChI is InChI=1S/C16H24N2/c1-13(14-7-3-2-4-8-14)18-12-11-17-15-9-5-6-10-16(15)18/h2-4,7-8,13,15-17H,5-6,9-12H2,1H3/t13-,15+,16+/m1/s1. The third-order valence-electron chi connectivity index (χ3n) is 4.71. The van der Waals surface area contributed by atoms with Crippen LogP contribution in [-0.2, 0) is 0 Å². The second-order valence-corrected chi connectivity index (χ2v) is 5.74. The zero-order valence-electron chi connectivity index (χ0n) is 11.3. The zero-order valence-corrected chi connectivity index (χ0v) is 11.3. The van der Waals surface area contributed by atoms with Crippen LogP contribution < -0.4 is 5.32 Å². The van der Waals surface area contributed by atoms with Crippen LogP contribution >= 0.6 is 0 Å². The van der Waals surface area contributed by atoms with E-state index in [0.717, 1.165) is 18.6 Å². The maximum Gasteiger partial charge on any atom is 0.0324 e. The first-order valence-corrected chi connectivity index (χ1v) is 7.40. The molecule has 1 aliphatic heterocycles. The predicted octanol–water partition coefficient (Wildman–Crippen LogP) is 2.96. The fraction of sp³-hybridized carbons (Fsp3) is 0.625. The Morgan fingerprint density at radius 3 is 2.78 bits per heavy atom. The van der Waals surface area contributed by atoms with Crippen LogP contribution in [0.1, 0.15) is 44.2 Å². The van der Waals surface area contributed by atoms with Crippen molar-refractivity contribution in [3.63, 3.8) is 0 Å². The van der Waals surface area contributed by atoms with Gasteiger partial charge in [-0.1, -0.05) is 43.2 Å². The maximum absolute atomic E-state index is 3.72. The second-order valence-electron chi connectivity index (χ2n) is 5.74. The second kappa shape index (κ2) is 5.41. The van der Waals surface area contributed by atoms with Gasteiger partial charge in [0.05, 0.1) is 0 Å². The Bertz CT molecular complexity index is 374. The van der Waals surface area contributed by atoms with Gasteiger partial charge in [-0.3, -0.25) is 4.90 Å². The summed E-state index contributed by atoms with van der Waals surface area (Å²) in [7, 11) is 0. The molecule has 0 spiro atoms. The summed E-state index contributed by atoms with van der Waals surface area (Å²) >= 11 is 0. The first kappa shape index (κ1) is 12.2. The van der Waals surface area contributed by atoms with Gasteiger partial charge < -0.3 is 5.32 Å². The van der Waals surface area contributed by atoms with Gasteiger partial charge >= 0.3 is 0 Å². The summed E-state index contributed by atoms with van der Waals surface area (Å²) in [4.78, 5) is 2.73. The van der Waals surface area contributed by atoms with E-state index in [9.17, 15) is 0 Å². The monoisotopic (exact) mass is 244 g/mol. The van der Waals surface area contributed by atoms with Gasteiger partial charge in [0.2, 0.25) is 0 Å². The molecule has 0 bridgehead atoms. The van der Waals surface area contributed by atoms with Crippen LogP contribution in [0.2, 0.25) is 0 Å². The average Bonchev–Trinajstić information content (AvgIpc) is 2.47. The van der Waals surface area contributed by atoms with Gasteiger partial charge in [-0.15, -0.1) is 0 Å². The summed E-state index contributed by atoms with van der Waals surface area (Å²) in [5.74, 6) is 0. The molecule has 1 saturated carbocycles. The summed E-state index contributed by atoms with van der Waals surface area (Å²) < 4.78 is 0. The summed E-state index contributed by atoms with van der Waals surface area (Å²) in [5, 5.41) is 3.72. The number of hydrogen-bond donors (Lipinski definition) is 1. The molecule has 1 aromatic carbocycles. The van der Waals surface area contributed by atoms with Crippen molar-refractivity contribution in [3.05, 3.63) is 35.9 Å². The molecule has 18 heavy (non-hydrogen) atoms. The Morgan fingerprint density at radius 2 is 1.94 bits per heavy atom. The van der Waals surface area contributed by atoms with Crippen LogP contribution in [0.3, 0.4) is 0 Å². The Hall–Kier alpha value is -0.860. The predicted molar refractivity (Wildman–Crippen MR) is 75.6 cm³/mol. The third-order valence-corrected chi connectivity index (χ3v) is 4.71. The Morgan fingerprint density at radius 1 is 1.17 bits per heavy atom. The Labute approximate surface area is 110 Å². The van der Waals surface area contributed by atoms with Crippen molar-refractivity contribution in [1.82, 2.24) is 10.2 Å². The van der Waals surface area contributed by atoms with Crippen LogP contribution in [-0.4, -0.2) is 30.1 Å². The number of nitrogens with zero attached hydrogens (tertiary/aromatic N) is 1. The minimum absolute atomic E-state index is 0.555. The SMILES string of the molecule is C[C@H](c1ccccc1)N1CCN[C@H]2CCCC[C@@H]21.